The molecule has 4 atom stereocenters. The Morgan fingerprint density at radius 2 is 2.00 bits per heavy atom. The highest BCUT2D eigenvalue weighted by atomic mass is 32.2. The van der Waals surface area contributed by atoms with Crippen molar-refractivity contribution in [1.82, 2.24) is 4.72 Å². The Hall–Kier alpha value is -1.73. The Morgan fingerprint density at radius 3 is 2.74 bits per heavy atom. The SMILES string of the molecule is O=C(O)CCC/C=C\[C@@H]1[C@H]2CC[C@H](C2)[C@@H]1CNS(=O)(=O)c1ccccc1F. The smallest absolute Gasteiger partial charge is 0.303 e. The third kappa shape index (κ3) is 4.76. The quantitative estimate of drug-likeness (QED) is 0.494. The topological polar surface area (TPSA) is 83.5 Å². The first-order valence-electron chi connectivity index (χ1n) is 9.51. The van der Waals surface area contributed by atoms with Gasteiger partial charge in [0.2, 0.25) is 10.0 Å². The lowest BCUT2D eigenvalue weighted by Gasteiger charge is -2.29. The van der Waals surface area contributed by atoms with Crippen molar-refractivity contribution in [2.75, 3.05) is 6.54 Å². The van der Waals surface area contributed by atoms with Crippen LogP contribution in [0.25, 0.3) is 0 Å². The van der Waals surface area contributed by atoms with Crippen molar-refractivity contribution in [1.29, 1.82) is 0 Å². The van der Waals surface area contributed by atoms with E-state index in [9.17, 15) is 17.6 Å². The Labute approximate surface area is 159 Å². The van der Waals surface area contributed by atoms with E-state index in [0.29, 0.717) is 37.1 Å². The van der Waals surface area contributed by atoms with Crippen LogP contribution in [0.2, 0.25) is 0 Å². The number of benzene rings is 1. The zero-order chi connectivity index (χ0) is 19.4. The molecule has 0 aromatic heterocycles. The molecule has 0 heterocycles. The first-order chi connectivity index (χ1) is 12.9. The lowest BCUT2D eigenvalue weighted by Crippen LogP contribution is -2.35. The van der Waals surface area contributed by atoms with E-state index in [1.807, 2.05) is 6.08 Å². The van der Waals surface area contributed by atoms with Gasteiger partial charge < -0.3 is 5.11 Å². The second kappa shape index (κ2) is 8.52. The van der Waals surface area contributed by atoms with Crippen LogP contribution < -0.4 is 4.72 Å². The van der Waals surface area contributed by atoms with E-state index >= 15 is 0 Å². The molecule has 7 heteroatoms. The van der Waals surface area contributed by atoms with Crippen molar-refractivity contribution in [3.8, 4) is 0 Å². The first-order valence-corrected chi connectivity index (χ1v) is 11.0. The van der Waals surface area contributed by atoms with Gasteiger partial charge in [-0.2, -0.15) is 0 Å². The van der Waals surface area contributed by atoms with Crippen molar-refractivity contribution in [2.45, 2.75) is 43.4 Å². The maximum Gasteiger partial charge on any atom is 0.303 e. The number of allylic oxidation sites excluding steroid dienone is 2. The number of nitrogens with one attached hydrogen (secondary N) is 1. The molecular formula is C20H26FNO4S. The predicted molar refractivity (Wildman–Crippen MR) is 100 cm³/mol. The summed E-state index contributed by atoms with van der Waals surface area (Å²) in [5.74, 6) is 0.0372. The van der Waals surface area contributed by atoms with Gasteiger partial charge in [-0.25, -0.2) is 17.5 Å². The van der Waals surface area contributed by atoms with Crippen LogP contribution >= 0.6 is 0 Å². The van der Waals surface area contributed by atoms with Gasteiger partial charge in [-0.05, 0) is 67.9 Å². The number of rotatable bonds is 9. The van der Waals surface area contributed by atoms with Crippen molar-refractivity contribution in [3.05, 3.63) is 42.2 Å². The van der Waals surface area contributed by atoms with E-state index in [1.54, 1.807) is 0 Å². The van der Waals surface area contributed by atoms with Gasteiger partial charge in [0.25, 0.3) is 0 Å². The lowest BCUT2D eigenvalue weighted by atomic mass is 9.79. The molecule has 0 aliphatic heterocycles. The Morgan fingerprint density at radius 1 is 1.26 bits per heavy atom. The van der Waals surface area contributed by atoms with E-state index < -0.39 is 21.8 Å². The van der Waals surface area contributed by atoms with Crippen molar-refractivity contribution < 1.29 is 22.7 Å². The normalized spacial score (nSPS) is 27.4. The summed E-state index contributed by atoms with van der Waals surface area (Å²) >= 11 is 0. The number of unbranched alkanes of at least 4 members (excludes halogenated alkanes) is 1. The van der Waals surface area contributed by atoms with Crippen LogP contribution in [0, 0.1) is 29.5 Å². The molecular weight excluding hydrogens is 369 g/mol. The summed E-state index contributed by atoms with van der Waals surface area (Å²) < 4.78 is 41.4. The molecule has 5 nitrogen and oxygen atoms in total. The minimum Gasteiger partial charge on any atom is -0.481 e. The summed E-state index contributed by atoms with van der Waals surface area (Å²) in [4.78, 5) is 10.3. The van der Waals surface area contributed by atoms with E-state index in [2.05, 4.69) is 10.8 Å². The fraction of sp³-hybridized carbons (Fsp3) is 0.550. The fourth-order valence-corrected chi connectivity index (χ4v) is 5.78. The highest BCUT2D eigenvalue weighted by Crippen LogP contribution is 2.52. The van der Waals surface area contributed by atoms with E-state index in [1.165, 1.54) is 18.2 Å². The number of carboxylic acid groups (broad SMARTS) is 1. The number of hydrogen-bond acceptors (Lipinski definition) is 3. The molecule has 3 rings (SSSR count). The third-order valence-electron chi connectivity index (χ3n) is 5.91. The number of carbonyl (C=O) groups is 1. The molecule has 0 amide bonds. The van der Waals surface area contributed by atoms with Gasteiger partial charge in [-0.3, -0.25) is 4.79 Å². The van der Waals surface area contributed by atoms with Crippen LogP contribution in [0.5, 0.6) is 0 Å². The molecule has 2 N–H and O–H groups in total. The molecule has 1 aromatic rings. The van der Waals surface area contributed by atoms with Crippen LogP contribution in [0.4, 0.5) is 4.39 Å². The van der Waals surface area contributed by atoms with Gasteiger partial charge in [0, 0.05) is 13.0 Å². The zero-order valence-electron chi connectivity index (χ0n) is 15.2. The summed E-state index contributed by atoms with van der Waals surface area (Å²) in [6.07, 6.45) is 9.04. The summed E-state index contributed by atoms with van der Waals surface area (Å²) in [5.41, 5.74) is 0. The lowest BCUT2D eigenvalue weighted by molar-refractivity contribution is -0.137. The summed E-state index contributed by atoms with van der Waals surface area (Å²) in [6.45, 7) is 0.308. The van der Waals surface area contributed by atoms with Gasteiger partial charge >= 0.3 is 5.97 Å². The first kappa shape index (κ1) is 20.0. The molecule has 0 spiro atoms. The molecule has 2 fully saturated rings. The van der Waals surface area contributed by atoms with Gasteiger partial charge in [-0.1, -0.05) is 24.3 Å². The molecule has 2 bridgehead atoms. The summed E-state index contributed by atoms with van der Waals surface area (Å²) in [7, 11) is -3.87. The van der Waals surface area contributed by atoms with E-state index in [4.69, 9.17) is 5.11 Å². The summed E-state index contributed by atoms with van der Waals surface area (Å²) in [6, 6.07) is 5.40. The van der Waals surface area contributed by atoms with Gasteiger partial charge in [0.05, 0.1) is 0 Å². The highest BCUT2D eigenvalue weighted by Gasteiger charge is 2.46. The standard InChI is InChI=1S/C20H26FNO4S/c21-18-7-4-5-8-19(18)27(25,26)22-13-17-15-11-10-14(12-15)16(17)6-2-1-3-9-20(23)24/h2,4-8,14-17,22H,1,3,9-13H2,(H,23,24)/b6-2-/t14-,15+,16+,17-/m0/s1. The van der Waals surface area contributed by atoms with Crippen molar-refractivity contribution in [3.63, 3.8) is 0 Å². The predicted octanol–water partition coefficient (Wildman–Crippen LogP) is 3.58. The molecule has 148 valence electrons. The number of fused-ring (bicyclic) bond motifs is 2. The van der Waals surface area contributed by atoms with Gasteiger partial charge in [-0.15, -0.1) is 0 Å². The molecule has 1 aromatic carbocycles. The molecule has 0 radical (unpaired) electrons. The fourth-order valence-electron chi connectivity index (χ4n) is 4.63. The number of sulfonamides is 1. The molecule has 27 heavy (non-hydrogen) atoms. The second-order valence-electron chi connectivity index (χ2n) is 7.57. The van der Waals surface area contributed by atoms with Crippen LogP contribution in [-0.2, 0) is 14.8 Å². The monoisotopic (exact) mass is 395 g/mol. The third-order valence-corrected chi connectivity index (χ3v) is 7.37. The van der Waals surface area contributed by atoms with Crippen LogP contribution in [0.15, 0.2) is 41.3 Å². The van der Waals surface area contributed by atoms with Crippen LogP contribution in [0.3, 0.4) is 0 Å². The second-order valence-corrected chi connectivity index (χ2v) is 9.31. The number of halogens is 1. The number of hydrogen-bond donors (Lipinski definition) is 2. The average Bonchev–Trinajstić information content (AvgIpc) is 3.21. The molecule has 2 saturated carbocycles. The minimum atomic E-state index is -3.87. The van der Waals surface area contributed by atoms with Gasteiger partial charge in [0.15, 0.2) is 0 Å². The van der Waals surface area contributed by atoms with Crippen molar-refractivity contribution >= 4 is 16.0 Å². The molecule has 2 aliphatic carbocycles. The van der Waals surface area contributed by atoms with Crippen LogP contribution in [-0.4, -0.2) is 26.0 Å². The number of carboxylic acids is 1. The Balaban J connectivity index is 1.61. The molecule has 0 saturated heterocycles. The minimum absolute atomic E-state index is 0.160. The Bertz CT molecular complexity index is 808. The largest absolute Gasteiger partial charge is 0.481 e. The zero-order valence-corrected chi connectivity index (χ0v) is 16.0. The molecule has 0 unspecified atom stereocenters. The number of aliphatic carboxylic acids is 1. The maximum absolute atomic E-state index is 13.8. The van der Waals surface area contributed by atoms with E-state index in [0.717, 1.165) is 25.3 Å². The van der Waals surface area contributed by atoms with Gasteiger partial charge in [0.1, 0.15) is 10.7 Å². The Kier molecular flexibility index (Phi) is 6.32. The van der Waals surface area contributed by atoms with Crippen LogP contribution in [0.1, 0.15) is 38.5 Å². The highest BCUT2D eigenvalue weighted by molar-refractivity contribution is 7.89. The van der Waals surface area contributed by atoms with E-state index in [-0.39, 0.29) is 17.2 Å². The maximum atomic E-state index is 13.8. The molecule has 2 aliphatic rings. The summed E-state index contributed by atoms with van der Waals surface area (Å²) in [5, 5.41) is 8.70. The van der Waals surface area contributed by atoms with Crippen molar-refractivity contribution in [2.24, 2.45) is 23.7 Å². The average molecular weight is 395 g/mol.